The number of ether oxygens (including phenoxy) is 1. The van der Waals surface area contributed by atoms with Crippen LogP contribution in [-0.2, 0) is 11.2 Å². The molecule has 1 fully saturated rings. The fourth-order valence-corrected chi connectivity index (χ4v) is 3.24. The zero-order valence-electron chi connectivity index (χ0n) is 16.1. The van der Waals surface area contributed by atoms with Gasteiger partial charge >= 0.3 is 0 Å². The molecule has 1 N–H and O–H groups in total. The van der Waals surface area contributed by atoms with Gasteiger partial charge in [0.05, 0.1) is 6.54 Å². The summed E-state index contributed by atoms with van der Waals surface area (Å²) in [4.78, 5) is 16.7. The van der Waals surface area contributed by atoms with E-state index in [-0.39, 0.29) is 11.7 Å². The van der Waals surface area contributed by atoms with Crippen molar-refractivity contribution in [3.8, 4) is 5.75 Å². The molecule has 0 bridgehead atoms. The lowest BCUT2D eigenvalue weighted by atomic mass is 10.1. The van der Waals surface area contributed by atoms with Crippen molar-refractivity contribution < 1.29 is 13.9 Å². The minimum Gasteiger partial charge on any atom is -0.492 e. The Kier molecular flexibility index (Phi) is 7.82. The predicted molar refractivity (Wildman–Crippen MR) is 108 cm³/mol. The first kappa shape index (κ1) is 20.3. The number of nitrogens with zero attached hydrogens (tertiary/aromatic N) is 2. The summed E-state index contributed by atoms with van der Waals surface area (Å²) in [5.41, 5.74) is 1.02. The molecular formula is C22H28FN3O2. The van der Waals surface area contributed by atoms with Crippen LogP contribution in [0.4, 0.5) is 4.39 Å². The highest BCUT2D eigenvalue weighted by molar-refractivity contribution is 5.78. The van der Waals surface area contributed by atoms with Crippen LogP contribution in [-0.4, -0.2) is 68.1 Å². The molecule has 28 heavy (non-hydrogen) atoms. The van der Waals surface area contributed by atoms with Gasteiger partial charge in [-0.15, -0.1) is 0 Å². The van der Waals surface area contributed by atoms with Gasteiger partial charge in [0.25, 0.3) is 0 Å². The van der Waals surface area contributed by atoms with Gasteiger partial charge in [0.1, 0.15) is 18.2 Å². The number of para-hydroxylation sites is 1. The number of amides is 1. The molecule has 1 heterocycles. The van der Waals surface area contributed by atoms with Crippen molar-refractivity contribution >= 4 is 5.91 Å². The number of hydrogen-bond acceptors (Lipinski definition) is 4. The van der Waals surface area contributed by atoms with E-state index in [1.54, 1.807) is 12.1 Å². The minimum absolute atomic E-state index is 0.0444. The summed E-state index contributed by atoms with van der Waals surface area (Å²) >= 11 is 0. The molecule has 0 spiro atoms. The molecule has 150 valence electrons. The molecule has 5 nitrogen and oxygen atoms in total. The summed E-state index contributed by atoms with van der Waals surface area (Å²) in [6.45, 7) is 6.23. The number of piperazine rings is 1. The maximum absolute atomic E-state index is 12.9. The van der Waals surface area contributed by atoms with Gasteiger partial charge in [0.2, 0.25) is 5.91 Å². The number of nitrogens with one attached hydrogen (secondary N) is 1. The van der Waals surface area contributed by atoms with E-state index in [1.165, 1.54) is 12.1 Å². The largest absolute Gasteiger partial charge is 0.492 e. The molecule has 0 unspecified atom stereocenters. The third kappa shape index (κ3) is 6.94. The van der Waals surface area contributed by atoms with Gasteiger partial charge in [-0.3, -0.25) is 14.6 Å². The normalized spacial score (nSPS) is 15.3. The molecule has 0 aromatic heterocycles. The summed E-state index contributed by atoms with van der Waals surface area (Å²) in [7, 11) is 0. The van der Waals surface area contributed by atoms with Crippen LogP contribution in [0.2, 0.25) is 0 Å². The highest BCUT2D eigenvalue weighted by atomic mass is 19.1. The quantitative estimate of drug-likeness (QED) is 0.719. The monoisotopic (exact) mass is 385 g/mol. The Morgan fingerprint density at radius 1 is 0.964 bits per heavy atom. The van der Waals surface area contributed by atoms with Crippen molar-refractivity contribution in [2.24, 2.45) is 0 Å². The molecule has 2 aromatic carbocycles. The van der Waals surface area contributed by atoms with Gasteiger partial charge in [-0.1, -0.05) is 30.3 Å². The Bertz CT molecular complexity index is 716. The first-order valence-electron chi connectivity index (χ1n) is 9.83. The lowest BCUT2D eigenvalue weighted by Crippen LogP contribution is -2.50. The Morgan fingerprint density at radius 3 is 2.36 bits per heavy atom. The second-order valence-corrected chi connectivity index (χ2v) is 7.01. The summed E-state index contributed by atoms with van der Waals surface area (Å²) in [6, 6.07) is 16.2. The molecule has 0 saturated carbocycles. The molecule has 6 heteroatoms. The van der Waals surface area contributed by atoms with E-state index in [1.807, 2.05) is 30.3 Å². The first-order valence-corrected chi connectivity index (χ1v) is 9.83. The van der Waals surface area contributed by atoms with Gasteiger partial charge in [0.15, 0.2) is 0 Å². The maximum atomic E-state index is 12.9. The Hall–Kier alpha value is -2.44. The molecule has 0 aliphatic carbocycles. The predicted octanol–water partition coefficient (Wildman–Crippen LogP) is 2.18. The van der Waals surface area contributed by atoms with Crippen molar-refractivity contribution in [1.82, 2.24) is 15.1 Å². The van der Waals surface area contributed by atoms with Crippen LogP contribution in [0, 0.1) is 5.82 Å². The van der Waals surface area contributed by atoms with E-state index in [4.69, 9.17) is 4.74 Å². The van der Waals surface area contributed by atoms with Crippen LogP contribution in [0.5, 0.6) is 5.75 Å². The maximum Gasteiger partial charge on any atom is 0.234 e. The molecule has 3 rings (SSSR count). The van der Waals surface area contributed by atoms with E-state index >= 15 is 0 Å². The lowest BCUT2D eigenvalue weighted by Gasteiger charge is -2.34. The second-order valence-electron chi connectivity index (χ2n) is 7.01. The molecule has 1 saturated heterocycles. The zero-order chi connectivity index (χ0) is 19.6. The minimum atomic E-state index is -0.237. The lowest BCUT2D eigenvalue weighted by molar-refractivity contribution is -0.122. The SMILES string of the molecule is O=C(CN1CCN(CCOc2ccccc2)CC1)NCCc1ccc(F)cc1. The van der Waals surface area contributed by atoms with Crippen LogP contribution in [0.1, 0.15) is 5.56 Å². The fraction of sp³-hybridized carbons (Fsp3) is 0.409. The summed E-state index contributed by atoms with van der Waals surface area (Å²) in [5.74, 6) is 0.708. The smallest absolute Gasteiger partial charge is 0.234 e. The average Bonchev–Trinajstić information content (AvgIpc) is 2.72. The number of benzene rings is 2. The van der Waals surface area contributed by atoms with Gasteiger partial charge in [0, 0.05) is 39.3 Å². The molecular weight excluding hydrogens is 357 g/mol. The molecule has 1 aliphatic rings. The van der Waals surface area contributed by atoms with Crippen molar-refractivity contribution in [2.75, 3.05) is 52.4 Å². The molecule has 1 aliphatic heterocycles. The van der Waals surface area contributed by atoms with Crippen LogP contribution in [0.15, 0.2) is 54.6 Å². The van der Waals surface area contributed by atoms with Crippen LogP contribution in [0.3, 0.4) is 0 Å². The van der Waals surface area contributed by atoms with Gasteiger partial charge < -0.3 is 10.1 Å². The summed E-state index contributed by atoms with van der Waals surface area (Å²) in [6.07, 6.45) is 0.710. The van der Waals surface area contributed by atoms with E-state index < -0.39 is 0 Å². The Balaban J connectivity index is 1.26. The number of carbonyl (C=O) groups is 1. The molecule has 0 radical (unpaired) electrons. The highest BCUT2D eigenvalue weighted by Crippen LogP contribution is 2.08. The van der Waals surface area contributed by atoms with Gasteiger partial charge in [-0.2, -0.15) is 0 Å². The topological polar surface area (TPSA) is 44.8 Å². The van der Waals surface area contributed by atoms with E-state index in [2.05, 4.69) is 15.1 Å². The van der Waals surface area contributed by atoms with E-state index in [0.717, 1.165) is 44.0 Å². The first-order chi connectivity index (χ1) is 13.7. The van der Waals surface area contributed by atoms with E-state index in [0.29, 0.717) is 26.1 Å². The third-order valence-corrected chi connectivity index (χ3v) is 4.90. The number of hydrogen-bond donors (Lipinski definition) is 1. The number of rotatable bonds is 9. The highest BCUT2D eigenvalue weighted by Gasteiger charge is 2.18. The van der Waals surface area contributed by atoms with Crippen molar-refractivity contribution in [2.45, 2.75) is 6.42 Å². The third-order valence-electron chi connectivity index (χ3n) is 4.90. The molecule has 2 aromatic rings. The van der Waals surface area contributed by atoms with E-state index in [9.17, 15) is 9.18 Å². The van der Waals surface area contributed by atoms with Gasteiger partial charge in [-0.25, -0.2) is 4.39 Å². The standard InChI is InChI=1S/C22H28FN3O2/c23-20-8-6-19(7-9-20)10-11-24-22(27)18-26-14-12-25(13-15-26)16-17-28-21-4-2-1-3-5-21/h1-9H,10-18H2,(H,24,27). The van der Waals surface area contributed by atoms with Crippen LogP contribution >= 0.6 is 0 Å². The van der Waals surface area contributed by atoms with Crippen molar-refractivity contribution in [3.05, 3.63) is 66.0 Å². The van der Waals surface area contributed by atoms with Crippen LogP contribution < -0.4 is 10.1 Å². The number of halogens is 1. The average molecular weight is 385 g/mol. The fourth-order valence-electron chi connectivity index (χ4n) is 3.24. The Morgan fingerprint density at radius 2 is 1.64 bits per heavy atom. The molecule has 1 amide bonds. The second kappa shape index (κ2) is 10.8. The summed E-state index contributed by atoms with van der Waals surface area (Å²) < 4.78 is 18.6. The van der Waals surface area contributed by atoms with Gasteiger partial charge in [-0.05, 0) is 36.2 Å². The number of carbonyl (C=O) groups excluding carboxylic acids is 1. The summed E-state index contributed by atoms with van der Waals surface area (Å²) in [5, 5.41) is 2.95. The van der Waals surface area contributed by atoms with Crippen molar-refractivity contribution in [3.63, 3.8) is 0 Å². The van der Waals surface area contributed by atoms with Crippen molar-refractivity contribution in [1.29, 1.82) is 0 Å². The van der Waals surface area contributed by atoms with Crippen LogP contribution in [0.25, 0.3) is 0 Å². The Labute approximate surface area is 166 Å². The zero-order valence-corrected chi connectivity index (χ0v) is 16.1. The molecule has 0 atom stereocenters.